The zero-order chi connectivity index (χ0) is 13.1. The summed E-state index contributed by atoms with van der Waals surface area (Å²) in [5.74, 6) is -2.00. The standard InChI is InChI=1S/C13H10O4S/c14-11(15)7-9-6-10(13(16)17)18-12(9)8-4-2-1-3-5-8/h1-6H,7H2,(H,14,15)(H,16,17). The maximum Gasteiger partial charge on any atom is 0.345 e. The molecule has 0 aliphatic rings. The summed E-state index contributed by atoms with van der Waals surface area (Å²) >= 11 is 1.10. The van der Waals surface area contributed by atoms with Gasteiger partial charge in [-0.3, -0.25) is 4.79 Å². The lowest BCUT2D eigenvalue weighted by Crippen LogP contribution is -2.00. The van der Waals surface area contributed by atoms with Crippen LogP contribution in [-0.4, -0.2) is 22.2 Å². The van der Waals surface area contributed by atoms with Crippen molar-refractivity contribution in [2.45, 2.75) is 6.42 Å². The minimum Gasteiger partial charge on any atom is -0.481 e. The molecule has 0 unspecified atom stereocenters. The van der Waals surface area contributed by atoms with E-state index in [4.69, 9.17) is 10.2 Å². The zero-order valence-corrected chi connectivity index (χ0v) is 10.1. The highest BCUT2D eigenvalue weighted by molar-refractivity contribution is 7.17. The molecule has 0 spiro atoms. The average molecular weight is 262 g/mol. The Kier molecular flexibility index (Phi) is 3.43. The van der Waals surface area contributed by atoms with Crippen molar-refractivity contribution in [3.8, 4) is 10.4 Å². The molecule has 0 aliphatic heterocycles. The predicted octanol–water partition coefficient (Wildman–Crippen LogP) is 2.74. The Morgan fingerprint density at radius 3 is 2.33 bits per heavy atom. The topological polar surface area (TPSA) is 74.6 Å². The Bertz CT molecular complexity index is 586. The first-order valence-corrected chi connectivity index (χ1v) is 6.03. The molecule has 0 saturated carbocycles. The first kappa shape index (κ1) is 12.3. The van der Waals surface area contributed by atoms with Gasteiger partial charge in [-0.05, 0) is 17.2 Å². The van der Waals surface area contributed by atoms with Crippen LogP contribution < -0.4 is 0 Å². The van der Waals surface area contributed by atoms with Gasteiger partial charge in [-0.1, -0.05) is 30.3 Å². The van der Waals surface area contributed by atoms with Gasteiger partial charge in [-0.2, -0.15) is 0 Å². The molecule has 2 aromatic rings. The van der Waals surface area contributed by atoms with Gasteiger partial charge >= 0.3 is 11.9 Å². The van der Waals surface area contributed by atoms with Gasteiger partial charge in [0.15, 0.2) is 0 Å². The largest absolute Gasteiger partial charge is 0.481 e. The van der Waals surface area contributed by atoms with Gasteiger partial charge in [0.25, 0.3) is 0 Å². The van der Waals surface area contributed by atoms with E-state index in [0.717, 1.165) is 16.9 Å². The lowest BCUT2D eigenvalue weighted by molar-refractivity contribution is -0.136. The third-order valence-electron chi connectivity index (χ3n) is 2.40. The van der Waals surface area contributed by atoms with E-state index in [2.05, 4.69) is 0 Å². The quantitative estimate of drug-likeness (QED) is 0.888. The number of carboxylic acids is 2. The van der Waals surface area contributed by atoms with Gasteiger partial charge in [0.1, 0.15) is 4.88 Å². The molecule has 2 N–H and O–H groups in total. The molecule has 4 nitrogen and oxygen atoms in total. The highest BCUT2D eigenvalue weighted by atomic mass is 32.1. The molecule has 0 atom stereocenters. The monoisotopic (exact) mass is 262 g/mol. The Balaban J connectivity index is 2.50. The zero-order valence-electron chi connectivity index (χ0n) is 9.29. The van der Waals surface area contributed by atoms with Gasteiger partial charge in [-0.25, -0.2) is 4.79 Å². The fourth-order valence-electron chi connectivity index (χ4n) is 1.66. The van der Waals surface area contributed by atoms with E-state index in [1.54, 1.807) is 0 Å². The van der Waals surface area contributed by atoms with E-state index in [1.807, 2.05) is 30.3 Å². The van der Waals surface area contributed by atoms with Crippen molar-refractivity contribution in [2.24, 2.45) is 0 Å². The van der Waals surface area contributed by atoms with Gasteiger partial charge in [0, 0.05) is 4.88 Å². The summed E-state index contributed by atoms with van der Waals surface area (Å²) in [5.41, 5.74) is 1.38. The van der Waals surface area contributed by atoms with Crippen LogP contribution in [0.2, 0.25) is 0 Å². The molecule has 0 fully saturated rings. The van der Waals surface area contributed by atoms with Crippen LogP contribution in [-0.2, 0) is 11.2 Å². The van der Waals surface area contributed by atoms with Crippen LogP contribution in [0.5, 0.6) is 0 Å². The molecule has 0 radical (unpaired) electrons. The minimum absolute atomic E-state index is 0.158. The van der Waals surface area contributed by atoms with Crippen molar-refractivity contribution in [1.29, 1.82) is 0 Å². The number of aromatic carboxylic acids is 1. The molecule has 92 valence electrons. The molecule has 18 heavy (non-hydrogen) atoms. The Morgan fingerprint density at radius 1 is 1.11 bits per heavy atom. The van der Waals surface area contributed by atoms with Gasteiger partial charge in [0.2, 0.25) is 0 Å². The number of carboxylic acid groups (broad SMARTS) is 2. The highest BCUT2D eigenvalue weighted by Crippen LogP contribution is 2.33. The number of aliphatic carboxylic acids is 1. The molecule has 0 saturated heterocycles. The van der Waals surface area contributed by atoms with Crippen molar-refractivity contribution >= 4 is 23.3 Å². The van der Waals surface area contributed by atoms with Crippen LogP contribution in [0, 0.1) is 0 Å². The van der Waals surface area contributed by atoms with Crippen molar-refractivity contribution in [2.75, 3.05) is 0 Å². The van der Waals surface area contributed by atoms with Crippen molar-refractivity contribution in [3.05, 3.63) is 46.8 Å². The van der Waals surface area contributed by atoms with Crippen LogP contribution in [0.1, 0.15) is 15.2 Å². The Morgan fingerprint density at radius 2 is 1.78 bits per heavy atom. The van der Waals surface area contributed by atoms with Crippen LogP contribution >= 0.6 is 11.3 Å². The molecule has 0 bridgehead atoms. The van der Waals surface area contributed by atoms with E-state index in [-0.39, 0.29) is 11.3 Å². The third kappa shape index (κ3) is 2.57. The van der Waals surface area contributed by atoms with Crippen LogP contribution in [0.3, 0.4) is 0 Å². The smallest absolute Gasteiger partial charge is 0.345 e. The summed E-state index contributed by atoms with van der Waals surface area (Å²) in [6.07, 6.45) is -0.173. The minimum atomic E-state index is -1.03. The number of thiophene rings is 1. The van der Waals surface area contributed by atoms with Crippen molar-refractivity contribution in [3.63, 3.8) is 0 Å². The molecule has 5 heteroatoms. The second-order valence-electron chi connectivity index (χ2n) is 3.71. The number of benzene rings is 1. The highest BCUT2D eigenvalue weighted by Gasteiger charge is 2.16. The summed E-state index contributed by atoms with van der Waals surface area (Å²) in [5, 5.41) is 17.8. The van der Waals surface area contributed by atoms with Crippen LogP contribution in [0.4, 0.5) is 0 Å². The number of rotatable bonds is 4. The first-order valence-electron chi connectivity index (χ1n) is 5.21. The predicted molar refractivity (Wildman–Crippen MR) is 68.1 cm³/mol. The maximum atomic E-state index is 10.9. The molecule has 1 aromatic carbocycles. The second-order valence-corrected chi connectivity index (χ2v) is 4.76. The molecule has 1 aromatic heterocycles. The first-order chi connectivity index (χ1) is 8.58. The lowest BCUT2D eigenvalue weighted by atomic mass is 10.1. The van der Waals surface area contributed by atoms with E-state index in [0.29, 0.717) is 10.4 Å². The fourth-order valence-corrected chi connectivity index (χ4v) is 2.69. The van der Waals surface area contributed by atoms with Crippen molar-refractivity contribution in [1.82, 2.24) is 0 Å². The van der Waals surface area contributed by atoms with E-state index in [9.17, 15) is 9.59 Å². The van der Waals surface area contributed by atoms with Crippen LogP contribution in [0.25, 0.3) is 10.4 Å². The lowest BCUT2D eigenvalue weighted by Gasteiger charge is -2.00. The third-order valence-corrected chi connectivity index (χ3v) is 3.61. The molecule has 1 heterocycles. The van der Waals surface area contributed by atoms with E-state index < -0.39 is 11.9 Å². The number of hydrogen-bond acceptors (Lipinski definition) is 3. The molecule has 2 rings (SSSR count). The Hall–Kier alpha value is -2.14. The summed E-state index contributed by atoms with van der Waals surface area (Å²) in [7, 11) is 0. The summed E-state index contributed by atoms with van der Waals surface area (Å²) < 4.78 is 0. The second kappa shape index (κ2) is 5.01. The van der Waals surface area contributed by atoms with Gasteiger partial charge < -0.3 is 10.2 Å². The SMILES string of the molecule is O=C(O)Cc1cc(C(=O)O)sc1-c1ccccc1. The molecule has 0 amide bonds. The Labute approximate surface area is 107 Å². The summed E-state index contributed by atoms with van der Waals surface area (Å²) in [4.78, 5) is 22.6. The van der Waals surface area contributed by atoms with E-state index in [1.165, 1.54) is 6.07 Å². The van der Waals surface area contributed by atoms with Gasteiger partial charge in [-0.15, -0.1) is 11.3 Å². The average Bonchev–Trinajstić information content (AvgIpc) is 2.73. The molecule has 0 aliphatic carbocycles. The molecular weight excluding hydrogens is 252 g/mol. The normalized spacial score (nSPS) is 10.2. The summed E-state index contributed by atoms with van der Waals surface area (Å²) in [6, 6.07) is 10.6. The number of carbonyl (C=O) groups is 2. The van der Waals surface area contributed by atoms with Crippen molar-refractivity contribution < 1.29 is 19.8 Å². The van der Waals surface area contributed by atoms with E-state index >= 15 is 0 Å². The molecular formula is C13H10O4S. The summed E-state index contributed by atoms with van der Waals surface area (Å²) in [6.45, 7) is 0. The van der Waals surface area contributed by atoms with Gasteiger partial charge in [0.05, 0.1) is 6.42 Å². The maximum absolute atomic E-state index is 10.9. The van der Waals surface area contributed by atoms with Crippen LogP contribution in [0.15, 0.2) is 36.4 Å². The number of hydrogen-bond donors (Lipinski definition) is 2. The fraction of sp³-hybridized carbons (Fsp3) is 0.0769.